The maximum atomic E-state index is 12.5. The molecule has 212 valence electrons. The van der Waals surface area contributed by atoms with Crippen LogP contribution in [0.25, 0.3) is 0 Å². The Morgan fingerprint density at radius 2 is 1.71 bits per heavy atom. The second-order valence-electron chi connectivity index (χ2n) is 11.0. The van der Waals surface area contributed by atoms with Gasteiger partial charge in [0.2, 0.25) is 23.6 Å². The smallest absolute Gasteiger partial charge is 0.315 e. The van der Waals surface area contributed by atoms with Crippen LogP contribution >= 0.6 is 24.4 Å². The first-order valence-corrected chi connectivity index (χ1v) is 15.6. The van der Waals surface area contributed by atoms with Crippen molar-refractivity contribution < 1.29 is 24.0 Å². The van der Waals surface area contributed by atoms with E-state index in [1.54, 1.807) is 0 Å². The summed E-state index contributed by atoms with van der Waals surface area (Å²) in [5.41, 5.74) is 0. The third-order valence-electron chi connectivity index (χ3n) is 8.18. The van der Waals surface area contributed by atoms with Crippen molar-refractivity contribution in [1.29, 1.82) is 0 Å². The lowest BCUT2D eigenvalue weighted by Gasteiger charge is -2.30. The lowest BCUT2D eigenvalue weighted by Crippen LogP contribution is -2.39. The fourth-order valence-electron chi connectivity index (χ4n) is 5.92. The molecule has 0 aromatic heterocycles. The quantitative estimate of drug-likeness (QED) is 0.0993. The maximum absolute atomic E-state index is 12.5. The number of thioether (sulfide) groups is 1. The molecule has 4 fully saturated rings. The van der Waals surface area contributed by atoms with Gasteiger partial charge in [0.25, 0.3) is 0 Å². The van der Waals surface area contributed by atoms with Gasteiger partial charge in [-0.25, -0.2) is 4.79 Å². The molecule has 4 N–H and O–H groups in total. The van der Waals surface area contributed by atoms with E-state index in [1.165, 1.54) is 4.90 Å². The van der Waals surface area contributed by atoms with Crippen LogP contribution in [0, 0.1) is 11.8 Å². The average molecular weight is 568 g/mol. The summed E-state index contributed by atoms with van der Waals surface area (Å²) in [5.74, 6) is 1.03. The molecular weight excluding hydrogens is 526 g/mol. The Morgan fingerprint density at radius 1 is 0.974 bits per heavy atom. The molecule has 0 spiro atoms. The maximum Gasteiger partial charge on any atom is 0.315 e. The molecule has 4 rings (SSSR count). The molecule has 0 radical (unpaired) electrons. The van der Waals surface area contributed by atoms with Gasteiger partial charge in [-0.2, -0.15) is 24.4 Å². The van der Waals surface area contributed by atoms with Crippen molar-refractivity contribution >= 4 is 54.1 Å². The summed E-state index contributed by atoms with van der Waals surface area (Å²) in [5, 5.41) is 11.9. The SMILES string of the molecule is O=C(CCCC[C@@H]1SC[C@@H]2NC(=O)N[C@@H]21)NCCCCNC(=O)C1CCC(CN2C(=O)CC(S)C2=O)CC1. The summed E-state index contributed by atoms with van der Waals surface area (Å²) in [6, 6.07) is 0.400. The Labute approximate surface area is 234 Å². The number of nitrogens with zero attached hydrogens (tertiary/aromatic N) is 1. The van der Waals surface area contributed by atoms with Crippen molar-refractivity contribution in [2.24, 2.45) is 11.8 Å². The van der Waals surface area contributed by atoms with E-state index in [4.69, 9.17) is 0 Å². The standard InChI is InChI=1S/C26H41N5O5S2/c32-21(6-2-1-5-20-23-18(15-38-20)29-26(36)30-23)27-11-3-4-12-28-24(34)17-9-7-16(8-10-17)14-31-22(33)13-19(37)25(31)35/h16-20,23,37H,1-15H2,(H,27,32)(H,28,34)(H2,29,30,36)/t16?,17?,18-,19?,20-,23-/m0/s1. The number of imide groups is 1. The number of unbranched alkanes of at least 4 members (excludes halogenated alkanes) is 2. The van der Waals surface area contributed by atoms with Gasteiger partial charge in [0.15, 0.2) is 0 Å². The summed E-state index contributed by atoms with van der Waals surface area (Å²) in [4.78, 5) is 61.5. The van der Waals surface area contributed by atoms with Gasteiger partial charge in [-0.15, -0.1) is 0 Å². The third-order valence-corrected chi connectivity index (χ3v) is 10.1. The van der Waals surface area contributed by atoms with E-state index in [1.807, 2.05) is 11.8 Å². The molecule has 1 saturated carbocycles. The highest BCUT2D eigenvalue weighted by molar-refractivity contribution is 8.00. The zero-order valence-electron chi connectivity index (χ0n) is 21.9. The monoisotopic (exact) mass is 567 g/mol. The topological polar surface area (TPSA) is 137 Å². The van der Waals surface area contributed by atoms with Crippen LogP contribution in [0.5, 0.6) is 0 Å². The fourth-order valence-corrected chi connectivity index (χ4v) is 7.76. The Bertz CT molecular complexity index is 897. The normalized spacial score (nSPS) is 30.7. The Hall–Kier alpha value is -1.95. The Kier molecular flexibility index (Phi) is 10.6. The molecule has 4 atom stereocenters. The summed E-state index contributed by atoms with van der Waals surface area (Å²) in [6.07, 6.45) is 8.40. The number of carbonyl (C=O) groups excluding carboxylic acids is 5. The minimum absolute atomic E-state index is 0.0109. The van der Waals surface area contributed by atoms with Crippen molar-refractivity contribution in [1.82, 2.24) is 26.2 Å². The molecule has 0 bridgehead atoms. The molecule has 3 aliphatic heterocycles. The lowest BCUT2D eigenvalue weighted by atomic mass is 9.81. The summed E-state index contributed by atoms with van der Waals surface area (Å²) >= 11 is 6.07. The second-order valence-corrected chi connectivity index (χ2v) is 12.9. The number of fused-ring (bicyclic) bond motifs is 1. The first kappa shape index (κ1) is 29.0. The Morgan fingerprint density at radius 3 is 2.42 bits per heavy atom. The number of amides is 6. The summed E-state index contributed by atoms with van der Waals surface area (Å²) in [6.45, 7) is 1.66. The molecule has 0 aromatic rings. The van der Waals surface area contributed by atoms with Crippen molar-refractivity contribution in [3.05, 3.63) is 0 Å². The van der Waals surface area contributed by atoms with E-state index in [2.05, 4.69) is 33.9 Å². The number of carbonyl (C=O) groups is 5. The molecular formula is C26H41N5O5S2. The number of hydrogen-bond acceptors (Lipinski definition) is 7. The lowest BCUT2D eigenvalue weighted by molar-refractivity contribution is -0.139. The highest BCUT2D eigenvalue weighted by Gasteiger charge is 2.42. The number of hydrogen-bond donors (Lipinski definition) is 5. The highest BCUT2D eigenvalue weighted by Crippen LogP contribution is 2.33. The minimum atomic E-state index is -0.505. The number of urea groups is 1. The zero-order valence-corrected chi connectivity index (χ0v) is 23.6. The molecule has 12 heteroatoms. The highest BCUT2D eigenvalue weighted by atomic mass is 32.2. The molecule has 3 heterocycles. The van der Waals surface area contributed by atoms with Gasteiger partial charge in [0.05, 0.1) is 17.3 Å². The number of rotatable bonds is 13. The van der Waals surface area contributed by atoms with Crippen molar-refractivity contribution in [3.8, 4) is 0 Å². The first-order valence-electron chi connectivity index (χ1n) is 14.1. The van der Waals surface area contributed by atoms with Crippen LogP contribution in [0.3, 0.4) is 0 Å². The van der Waals surface area contributed by atoms with E-state index in [-0.39, 0.29) is 60.0 Å². The van der Waals surface area contributed by atoms with Crippen molar-refractivity contribution in [2.75, 3.05) is 25.4 Å². The molecule has 3 saturated heterocycles. The van der Waals surface area contributed by atoms with E-state index in [9.17, 15) is 24.0 Å². The van der Waals surface area contributed by atoms with Gasteiger partial charge in [-0.1, -0.05) is 6.42 Å². The number of likely N-dealkylation sites (tertiary alicyclic amines) is 1. The number of nitrogens with one attached hydrogen (secondary N) is 4. The molecule has 6 amide bonds. The van der Waals surface area contributed by atoms with Crippen LogP contribution in [0.4, 0.5) is 4.79 Å². The molecule has 4 aliphatic rings. The van der Waals surface area contributed by atoms with Crippen LogP contribution < -0.4 is 21.3 Å². The van der Waals surface area contributed by atoms with Gasteiger partial charge in [0.1, 0.15) is 0 Å². The predicted octanol–water partition coefficient (Wildman–Crippen LogP) is 1.59. The largest absolute Gasteiger partial charge is 0.356 e. The molecule has 10 nitrogen and oxygen atoms in total. The fraction of sp³-hybridized carbons (Fsp3) is 0.808. The van der Waals surface area contributed by atoms with E-state index in [0.29, 0.717) is 31.3 Å². The van der Waals surface area contributed by atoms with Gasteiger partial charge < -0.3 is 21.3 Å². The second kappa shape index (κ2) is 13.9. The van der Waals surface area contributed by atoms with E-state index >= 15 is 0 Å². The predicted molar refractivity (Wildman–Crippen MR) is 149 cm³/mol. The van der Waals surface area contributed by atoms with Crippen LogP contribution in [0.2, 0.25) is 0 Å². The van der Waals surface area contributed by atoms with Gasteiger partial charge in [-0.05, 0) is 57.3 Å². The summed E-state index contributed by atoms with van der Waals surface area (Å²) < 4.78 is 0. The van der Waals surface area contributed by atoms with Crippen molar-refractivity contribution in [2.45, 2.75) is 93.2 Å². The molecule has 1 aliphatic carbocycles. The first-order chi connectivity index (χ1) is 18.3. The van der Waals surface area contributed by atoms with Crippen LogP contribution in [-0.2, 0) is 19.2 Å². The van der Waals surface area contributed by atoms with Gasteiger partial charge in [0, 0.05) is 49.4 Å². The van der Waals surface area contributed by atoms with Crippen molar-refractivity contribution in [3.63, 3.8) is 0 Å². The number of thiol groups is 1. The van der Waals surface area contributed by atoms with Crippen LogP contribution in [0.15, 0.2) is 0 Å². The Balaban J connectivity index is 0.975. The zero-order chi connectivity index (χ0) is 27.1. The molecule has 38 heavy (non-hydrogen) atoms. The van der Waals surface area contributed by atoms with Crippen LogP contribution in [0.1, 0.15) is 70.6 Å². The molecule has 1 unspecified atom stereocenters. The molecule has 0 aromatic carbocycles. The van der Waals surface area contributed by atoms with E-state index < -0.39 is 5.25 Å². The third kappa shape index (κ3) is 7.80. The van der Waals surface area contributed by atoms with Gasteiger partial charge >= 0.3 is 6.03 Å². The van der Waals surface area contributed by atoms with Crippen LogP contribution in [-0.4, -0.2) is 82.5 Å². The summed E-state index contributed by atoms with van der Waals surface area (Å²) in [7, 11) is 0. The minimum Gasteiger partial charge on any atom is -0.356 e. The van der Waals surface area contributed by atoms with E-state index in [0.717, 1.165) is 63.5 Å². The van der Waals surface area contributed by atoms with Gasteiger partial charge in [-0.3, -0.25) is 24.1 Å². The average Bonchev–Trinajstić information content (AvgIpc) is 3.52.